The van der Waals surface area contributed by atoms with Crippen molar-refractivity contribution in [3.05, 3.63) is 42.0 Å². The monoisotopic (exact) mass is 274 g/mol. The lowest BCUT2D eigenvalue weighted by Gasteiger charge is -2.08. The van der Waals surface area contributed by atoms with Crippen molar-refractivity contribution in [1.29, 1.82) is 0 Å². The summed E-state index contributed by atoms with van der Waals surface area (Å²) in [6.07, 6.45) is 11.8. The average Bonchev–Trinajstić information content (AvgIpc) is 2.44. The van der Waals surface area contributed by atoms with Gasteiger partial charge in [0.2, 0.25) is 0 Å². The first-order valence-electron chi connectivity index (χ1n) is 7.70. The van der Waals surface area contributed by atoms with Crippen LogP contribution in [0, 0.1) is 0 Å². The van der Waals surface area contributed by atoms with Gasteiger partial charge in [0, 0.05) is 6.08 Å². The number of carbonyl (C=O) groups is 1. The zero-order valence-corrected chi connectivity index (χ0v) is 12.7. The summed E-state index contributed by atoms with van der Waals surface area (Å²) in [4.78, 5) is 11.5. The molecule has 0 heterocycles. The average molecular weight is 274 g/mol. The van der Waals surface area contributed by atoms with E-state index in [-0.39, 0.29) is 5.97 Å². The van der Waals surface area contributed by atoms with Gasteiger partial charge in [0.05, 0.1) is 0 Å². The van der Waals surface area contributed by atoms with E-state index in [1.807, 2.05) is 31.2 Å². The third kappa shape index (κ3) is 6.55. The number of hydrogen-bond acceptors (Lipinski definition) is 2. The third-order valence-electron chi connectivity index (χ3n) is 3.29. The zero-order chi connectivity index (χ0) is 14.6. The van der Waals surface area contributed by atoms with Gasteiger partial charge in [0.1, 0.15) is 5.75 Å². The first-order valence-corrected chi connectivity index (χ1v) is 7.70. The van der Waals surface area contributed by atoms with E-state index in [9.17, 15) is 4.79 Å². The molecule has 2 heteroatoms. The van der Waals surface area contributed by atoms with E-state index in [4.69, 9.17) is 4.74 Å². The van der Waals surface area contributed by atoms with Crippen LogP contribution in [0.5, 0.6) is 5.75 Å². The fraction of sp³-hybridized carbons (Fsp3) is 0.500. The molecule has 0 saturated heterocycles. The molecule has 0 aliphatic rings. The summed E-state index contributed by atoms with van der Waals surface area (Å²) in [5.41, 5.74) is 1.13. The van der Waals surface area contributed by atoms with Crippen LogP contribution >= 0.6 is 0 Å². The van der Waals surface area contributed by atoms with Crippen molar-refractivity contribution in [2.45, 2.75) is 58.8 Å². The number of para-hydroxylation sites is 1. The van der Waals surface area contributed by atoms with E-state index in [2.05, 4.69) is 6.92 Å². The van der Waals surface area contributed by atoms with E-state index < -0.39 is 0 Å². The highest BCUT2D eigenvalue weighted by atomic mass is 16.5. The third-order valence-corrected chi connectivity index (χ3v) is 3.29. The van der Waals surface area contributed by atoms with Gasteiger partial charge < -0.3 is 4.74 Å². The molecular formula is C18H26O2. The van der Waals surface area contributed by atoms with Gasteiger partial charge in [-0.05, 0) is 31.4 Å². The number of aryl methyl sites for hydroxylation is 1. The molecule has 0 spiro atoms. The minimum atomic E-state index is -0.303. The first-order chi connectivity index (χ1) is 9.77. The first kappa shape index (κ1) is 16.5. The molecule has 0 bridgehead atoms. The number of ether oxygens (including phenoxy) is 1. The Morgan fingerprint density at radius 3 is 2.55 bits per heavy atom. The van der Waals surface area contributed by atoms with Crippen LogP contribution in [0.2, 0.25) is 0 Å². The minimum Gasteiger partial charge on any atom is -0.423 e. The number of unbranched alkanes of at least 4 members (excludes halogenated alkanes) is 5. The number of benzene rings is 1. The van der Waals surface area contributed by atoms with Gasteiger partial charge >= 0.3 is 5.97 Å². The van der Waals surface area contributed by atoms with Gasteiger partial charge in [0.25, 0.3) is 0 Å². The molecule has 0 fully saturated rings. The maximum absolute atomic E-state index is 11.5. The highest BCUT2D eigenvalue weighted by Gasteiger charge is 2.06. The smallest absolute Gasteiger partial charge is 0.335 e. The highest BCUT2D eigenvalue weighted by molar-refractivity contribution is 5.84. The summed E-state index contributed by atoms with van der Waals surface area (Å²) in [6.45, 7) is 4.04. The Bertz CT molecular complexity index is 421. The fourth-order valence-electron chi connectivity index (χ4n) is 2.18. The molecule has 0 saturated carbocycles. The Balaban J connectivity index is 2.43. The highest BCUT2D eigenvalue weighted by Crippen LogP contribution is 2.21. The number of carbonyl (C=O) groups excluding carboxylic acids is 1. The fourth-order valence-corrected chi connectivity index (χ4v) is 2.18. The Morgan fingerprint density at radius 1 is 1.10 bits per heavy atom. The van der Waals surface area contributed by atoms with Crippen molar-refractivity contribution in [2.24, 2.45) is 0 Å². The van der Waals surface area contributed by atoms with Crippen molar-refractivity contribution in [2.75, 3.05) is 0 Å². The van der Waals surface area contributed by atoms with Crippen LogP contribution in [0.15, 0.2) is 36.4 Å². The lowest BCUT2D eigenvalue weighted by atomic mass is 10.0. The van der Waals surface area contributed by atoms with Crippen LogP contribution in [0.4, 0.5) is 0 Å². The minimum absolute atomic E-state index is 0.303. The topological polar surface area (TPSA) is 26.3 Å². The van der Waals surface area contributed by atoms with Crippen LogP contribution in [0.25, 0.3) is 0 Å². The number of hydrogen-bond donors (Lipinski definition) is 0. The zero-order valence-electron chi connectivity index (χ0n) is 12.7. The molecule has 2 nitrogen and oxygen atoms in total. The van der Waals surface area contributed by atoms with Crippen molar-refractivity contribution in [3.8, 4) is 5.75 Å². The summed E-state index contributed by atoms with van der Waals surface area (Å²) >= 11 is 0. The lowest BCUT2D eigenvalue weighted by Crippen LogP contribution is -2.05. The normalized spacial score (nSPS) is 10.9. The van der Waals surface area contributed by atoms with E-state index in [1.165, 1.54) is 38.2 Å². The Morgan fingerprint density at radius 2 is 1.80 bits per heavy atom. The van der Waals surface area contributed by atoms with E-state index in [0.29, 0.717) is 5.75 Å². The molecule has 0 N–H and O–H groups in total. The van der Waals surface area contributed by atoms with Crippen molar-refractivity contribution >= 4 is 5.97 Å². The Kier molecular flexibility index (Phi) is 8.44. The second-order valence-corrected chi connectivity index (χ2v) is 5.05. The Hall–Kier alpha value is -1.57. The maximum Gasteiger partial charge on any atom is 0.335 e. The summed E-state index contributed by atoms with van der Waals surface area (Å²) in [5, 5.41) is 0. The molecule has 0 unspecified atom stereocenters. The van der Waals surface area contributed by atoms with E-state index in [1.54, 1.807) is 6.08 Å². The van der Waals surface area contributed by atoms with Gasteiger partial charge in [-0.15, -0.1) is 0 Å². The predicted molar refractivity (Wildman–Crippen MR) is 84.0 cm³/mol. The van der Waals surface area contributed by atoms with Crippen molar-refractivity contribution in [1.82, 2.24) is 0 Å². The van der Waals surface area contributed by atoms with Crippen LogP contribution in [0.3, 0.4) is 0 Å². The summed E-state index contributed by atoms with van der Waals surface area (Å²) in [5.74, 6) is 0.395. The second-order valence-electron chi connectivity index (χ2n) is 5.05. The van der Waals surface area contributed by atoms with Gasteiger partial charge in [-0.25, -0.2) is 4.79 Å². The van der Waals surface area contributed by atoms with Gasteiger partial charge in [-0.2, -0.15) is 0 Å². The van der Waals surface area contributed by atoms with Gasteiger partial charge in [-0.3, -0.25) is 0 Å². The van der Waals surface area contributed by atoms with Crippen LogP contribution < -0.4 is 4.74 Å². The quantitative estimate of drug-likeness (QED) is 0.272. The SMILES string of the molecule is C/C=C/C(=O)Oc1ccccc1CCCCCCCC. The van der Waals surface area contributed by atoms with Gasteiger partial charge in [0.15, 0.2) is 0 Å². The molecule has 20 heavy (non-hydrogen) atoms. The van der Waals surface area contributed by atoms with Crippen molar-refractivity contribution in [3.63, 3.8) is 0 Å². The summed E-state index contributed by atoms with van der Waals surface area (Å²) in [6, 6.07) is 7.82. The molecule has 0 atom stereocenters. The predicted octanol–water partition coefficient (Wildman–Crippen LogP) is 5.07. The molecule has 1 rings (SSSR count). The molecule has 0 aromatic heterocycles. The number of allylic oxidation sites excluding steroid dienone is 1. The van der Waals surface area contributed by atoms with Crippen LogP contribution in [-0.2, 0) is 11.2 Å². The molecule has 110 valence electrons. The summed E-state index contributed by atoms with van der Waals surface area (Å²) in [7, 11) is 0. The maximum atomic E-state index is 11.5. The summed E-state index contributed by atoms with van der Waals surface area (Å²) < 4.78 is 5.36. The molecule has 0 amide bonds. The molecule has 1 aromatic carbocycles. The number of esters is 1. The number of rotatable bonds is 9. The van der Waals surface area contributed by atoms with Crippen molar-refractivity contribution < 1.29 is 9.53 Å². The van der Waals surface area contributed by atoms with Crippen LogP contribution in [-0.4, -0.2) is 5.97 Å². The largest absolute Gasteiger partial charge is 0.423 e. The molecule has 0 radical (unpaired) electrons. The van der Waals surface area contributed by atoms with E-state index >= 15 is 0 Å². The lowest BCUT2D eigenvalue weighted by molar-refractivity contribution is -0.129. The molecular weight excluding hydrogens is 248 g/mol. The molecule has 1 aromatic rings. The van der Waals surface area contributed by atoms with E-state index in [0.717, 1.165) is 18.4 Å². The molecule has 0 aliphatic carbocycles. The van der Waals surface area contributed by atoms with Gasteiger partial charge in [-0.1, -0.05) is 63.3 Å². The standard InChI is InChI=1S/C18H26O2/c1-3-5-6-7-8-9-13-16-14-10-11-15-17(16)20-18(19)12-4-2/h4,10-12,14-15H,3,5-9,13H2,1-2H3/b12-4+. The Labute approximate surface area is 122 Å². The molecule has 0 aliphatic heterocycles. The second kappa shape index (κ2) is 10.2. The van der Waals surface area contributed by atoms with Crippen LogP contribution in [0.1, 0.15) is 57.9 Å².